The van der Waals surface area contributed by atoms with Gasteiger partial charge in [0.1, 0.15) is 4.90 Å². The number of fused-ring (bicyclic) bond motifs is 1. The quantitative estimate of drug-likeness (QED) is 0.853. The zero-order chi connectivity index (χ0) is 17.3. The van der Waals surface area contributed by atoms with Crippen molar-refractivity contribution in [1.82, 2.24) is 14.2 Å². The van der Waals surface area contributed by atoms with Crippen LogP contribution in [0, 0.1) is 12.8 Å². The number of rotatable bonds is 4. The molecule has 2 heterocycles. The van der Waals surface area contributed by atoms with E-state index in [4.69, 9.17) is 0 Å². The number of para-hydroxylation sites is 1. The smallest absolute Gasteiger partial charge is 0.245 e. The van der Waals surface area contributed by atoms with Crippen LogP contribution < -0.4 is 0 Å². The van der Waals surface area contributed by atoms with Gasteiger partial charge < -0.3 is 4.90 Å². The number of hydrogen-bond donors (Lipinski definition) is 0. The first kappa shape index (κ1) is 17.3. The number of aryl methyl sites for hydroxylation is 1. The van der Waals surface area contributed by atoms with E-state index in [2.05, 4.69) is 23.7 Å². The van der Waals surface area contributed by atoms with Crippen LogP contribution in [0.4, 0.5) is 0 Å². The van der Waals surface area contributed by atoms with E-state index in [1.54, 1.807) is 22.6 Å². The molecule has 0 N–H and O–H groups in total. The number of piperazine rings is 1. The van der Waals surface area contributed by atoms with Crippen LogP contribution in [0.2, 0.25) is 0 Å². The van der Waals surface area contributed by atoms with Crippen molar-refractivity contribution >= 4 is 20.9 Å². The van der Waals surface area contributed by atoms with E-state index in [9.17, 15) is 8.42 Å². The fraction of sp³-hybridized carbons (Fsp3) is 0.500. The molecule has 0 saturated carbocycles. The lowest BCUT2D eigenvalue weighted by molar-refractivity contribution is 0.172. The monoisotopic (exact) mass is 347 g/mol. The molecule has 0 bridgehead atoms. The van der Waals surface area contributed by atoms with Crippen molar-refractivity contribution in [2.75, 3.05) is 32.7 Å². The van der Waals surface area contributed by atoms with Crippen LogP contribution >= 0.6 is 0 Å². The molecule has 0 radical (unpaired) electrons. The molecule has 24 heavy (non-hydrogen) atoms. The van der Waals surface area contributed by atoms with Crippen LogP contribution in [0.15, 0.2) is 35.4 Å². The lowest BCUT2D eigenvalue weighted by atomic mass is 10.2. The second-order valence-electron chi connectivity index (χ2n) is 6.94. The summed E-state index contributed by atoms with van der Waals surface area (Å²) in [4.78, 5) is 7.03. The van der Waals surface area contributed by atoms with Gasteiger partial charge in [-0.1, -0.05) is 26.0 Å². The lowest BCUT2D eigenvalue weighted by Crippen LogP contribution is -2.49. The summed E-state index contributed by atoms with van der Waals surface area (Å²) in [5.74, 6) is 0.596. The first-order chi connectivity index (χ1) is 11.4. The third-order valence-electron chi connectivity index (χ3n) is 4.38. The van der Waals surface area contributed by atoms with Crippen molar-refractivity contribution in [3.63, 3.8) is 0 Å². The van der Waals surface area contributed by atoms with Crippen molar-refractivity contribution in [3.05, 3.63) is 36.0 Å². The van der Waals surface area contributed by atoms with Gasteiger partial charge in [0.05, 0.1) is 5.52 Å². The third kappa shape index (κ3) is 3.45. The van der Waals surface area contributed by atoms with E-state index >= 15 is 0 Å². The molecule has 1 fully saturated rings. The maximum Gasteiger partial charge on any atom is 0.245 e. The summed E-state index contributed by atoms with van der Waals surface area (Å²) in [5, 5.41) is 0.870. The minimum Gasteiger partial charge on any atom is -0.300 e. The SMILES string of the molecule is Cc1cnc2c(S(=O)(=O)N3CCN(CC(C)C)CC3)cccc2c1. The molecule has 6 heteroatoms. The normalized spacial score (nSPS) is 17.7. The van der Waals surface area contributed by atoms with E-state index in [-0.39, 0.29) is 0 Å². The van der Waals surface area contributed by atoms with Crippen LogP contribution in [-0.2, 0) is 10.0 Å². The Kier molecular flexibility index (Phi) is 4.90. The molecule has 1 saturated heterocycles. The summed E-state index contributed by atoms with van der Waals surface area (Å²) in [6.45, 7) is 10.0. The molecule has 1 aliphatic heterocycles. The molecule has 0 atom stereocenters. The standard InChI is InChI=1S/C18H25N3O2S/c1-14(2)13-20-7-9-21(10-8-20)24(22,23)17-6-4-5-16-11-15(3)12-19-18(16)17/h4-6,11-12,14H,7-10,13H2,1-3H3. The molecule has 0 unspecified atom stereocenters. The van der Waals surface area contributed by atoms with Gasteiger partial charge in [-0.05, 0) is 30.5 Å². The van der Waals surface area contributed by atoms with Gasteiger partial charge in [-0.3, -0.25) is 4.98 Å². The largest absolute Gasteiger partial charge is 0.300 e. The number of aromatic nitrogens is 1. The topological polar surface area (TPSA) is 53.5 Å². The summed E-state index contributed by atoms with van der Waals surface area (Å²) in [5.41, 5.74) is 1.59. The van der Waals surface area contributed by atoms with Gasteiger partial charge in [-0.2, -0.15) is 4.31 Å². The Morgan fingerprint density at radius 1 is 1.17 bits per heavy atom. The number of hydrogen-bond acceptors (Lipinski definition) is 4. The van der Waals surface area contributed by atoms with Gasteiger partial charge in [0.15, 0.2) is 0 Å². The van der Waals surface area contributed by atoms with E-state index in [1.807, 2.05) is 19.1 Å². The second-order valence-corrected chi connectivity index (χ2v) is 8.85. The lowest BCUT2D eigenvalue weighted by Gasteiger charge is -2.34. The van der Waals surface area contributed by atoms with Crippen molar-refractivity contribution in [2.45, 2.75) is 25.7 Å². The van der Waals surface area contributed by atoms with Crippen LogP contribution in [0.25, 0.3) is 10.9 Å². The van der Waals surface area contributed by atoms with Crippen LogP contribution in [0.3, 0.4) is 0 Å². The Hall–Kier alpha value is -1.50. The third-order valence-corrected chi connectivity index (χ3v) is 6.31. The highest BCUT2D eigenvalue weighted by atomic mass is 32.2. The maximum atomic E-state index is 13.1. The van der Waals surface area contributed by atoms with Crippen LogP contribution in [0.5, 0.6) is 0 Å². The Morgan fingerprint density at radius 3 is 2.54 bits per heavy atom. The average molecular weight is 347 g/mol. The number of pyridine rings is 1. The molecule has 1 aromatic heterocycles. The predicted molar refractivity (Wildman–Crippen MR) is 96.5 cm³/mol. The minimum atomic E-state index is -3.51. The van der Waals surface area contributed by atoms with Gasteiger partial charge in [-0.25, -0.2) is 8.42 Å². The molecule has 130 valence electrons. The second kappa shape index (κ2) is 6.78. The first-order valence-electron chi connectivity index (χ1n) is 8.46. The fourth-order valence-electron chi connectivity index (χ4n) is 3.26. The Bertz CT molecular complexity index is 825. The van der Waals surface area contributed by atoms with Gasteiger partial charge in [0.25, 0.3) is 0 Å². The average Bonchev–Trinajstić information content (AvgIpc) is 2.54. The molecular weight excluding hydrogens is 322 g/mol. The van der Waals surface area contributed by atoms with Gasteiger partial charge in [0, 0.05) is 44.3 Å². The summed E-state index contributed by atoms with van der Waals surface area (Å²) < 4.78 is 27.8. The molecule has 0 aliphatic carbocycles. The Morgan fingerprint density at radius 2 is 1.88 bits per heavy atom. The number of benzene rings is 1. The molecule has 1 aliphatic rings. The summed E-state index contributed by atoms with van der Waals surface area (Å²) in [7, 11) is -3.51. The van der Waals surface area contributed by atoms with E-state index < -0.39 is 10.0 Å². The predicted octanol–water partition coefficient (Wildman–Crippen LogP) is 2.51. The highest BCUT2D eigenvalue weighted by Gasteiger charge is 2.30. The molecule has 5 nitrogen and oxygen atoms in total. The molecule has 0 spiro atoms. The van der Waals surface area contributed by atoms with E-state index in [0.717, 1.165) is 30.6 Å². The number of sulfonamides is 1. The van der Waals surface area contributed by atoms with Gasteiger partial charge in [-0.15, -0.1) is 0 Å². The zero-order valence-corrected chi connectivity index (χ0v) is 15.4. The maximum absolute atomic E-state index is 13.1. The summed E-state index contributed by atoms with van der Waals surface area (Å²) >= 11 is 0. The molecule has 1 aromatic carbocycles. The fourth-order valence-corrected chi connectivity index (χ4v) is 4.85. The van der Waals surface area contributed by atoms with Crippen molar-refractivity contribution in [3.8, 4) is 0 Å². The Labute approximate surface area is 144 Å². The Balaban J connectivity index is 1.87. The van der Waals surface area contributed by atoms with Crippen molar-refractivity contribution in [1.29, 1.82) is 0 Å². The van der Waals surface area contributed by atoms with E-state index in [0.29, 0.717) is 29.4 Å². The molecule has 0 amide bonds. The first-order valence-corrected chi connectivity index (χ1v) is 9.90. The van der Waals surface area contributed by atoms with Crippen LogP contribution in [0.1, 0.15) is 19.4 Å². The highest BCUT2D eigenvalue weighted by Crippen LogP contribution is 2.25. The van der Waals surface area contributed by atoms with Crippen molar-refractivity contribution in [2.24, 2.45) is 5.92 Å². The highest BCUT2D eigenvalue weighted by molar-refractivity contribution is 7.89. The van der Waals surface area contributed by atoms with Gasteiger partial charge in [0.2, 0.25) is 10.0 Å². The molecular formula is C18H25N3O2S. The van der Waals surface area contributed by atoms with Crippen LogP contribution in [-0.4, -0.2) is 55.3 Å². The summed E-state index contributed by atoms with van der Waals surface area (Å²) in [6.07, 6.45) is 1.72. The molecule has 3 rings (SSSR count). The summed E-state index contributed by atoms with van der Waals surface area (Å²) in [6, 6.07) is 7.35. The molecule has 2 aromatic rings. The number of nitrogens with zero attached hydrogens (tertiary/aromatic N) is 3. The zero-order valence-electron chi connectivity index (χ0n) is 14.6. The van der Waals surface area contributed by atoms with Gasteiger partial charge >= 0.3 is 0 Å². The minimum absolute atomic E-state index is 0.317. The van der Waals surface area contributed by atoms with Crippen molar-refractivity contribution < 1.29 is 8.42 Å². The van der Waals surface area contributed by atoms with E-state index in [1.165, 1.54) is 0 Å².